The van der Waals surface area contributed by atoms with Crippen LogP contribution in [0.15, 0.2) is 49.1 Å². The van der Waals surface area contributed by atoms with Crippen molar-refractivity contribution in [1.82, 2.24) is 20.4 Å². The number of aromatic nitrogens is 3. The van der Waals surface area contributed by atoms with Crippen molar-refractivity contribution < 1.29 is 4.79 Å². The number of hydrazine groups is 1. The fraction of sp³-hybridized carbons (Fsp3) is 0.111. The number of hydrogen-bond donors (Lipinski definition) is 4. The van der Waals surface area contributed by atoms with Crippen LogP contribution < -0.4 is 21.9 Å². The van der Waals surface area contributed by atoms with E-state index in [-0.39, 0.29) is 5.91 Å². The molecule has 0 aliphatic rings. The predicted molar refractivity (Wildman–Crippen MR) is 101 cm³/mol. The van der Waals surface area contributed by atoms with Crippen molar-refractivity contribution >= 4 is 28.9 Å². The number of nitrogen functional groups attached to an aromatic ring is 1. The molecular weight excluding hydrogens is 330 g/mol. The summed E-state index contributed by atoms with van der Waals surface area (Å²) in [4.78, 5) is 24.2. The molecule has 8 nitrogen and oxygen atoms in total. The van der Waals surface area contributed by atoms with Gasteiger partial charge in [0.1, 0.15) is 12.0 Å². The van der Waals surface area contributed by atoms with E-state index in [1.165, 1.54) is 6.33 Å². The van der Waals surface area contributed by atoms with E-state index in [9.17, 15) is 4.79 Å². The van der Waals surface area contributed by atoms with Gasteiger partial charge in [-0.3, -0.25) is 20.6 Å². The first-order chi connectivity index (χ1) is 12.6. The highest BCUT2D eigenvalue weighted by molar-refractivity contribution is 5.95. The third-order valence-electron chi connectivity index (χ3n) is 3.98. The number of rotatable bonds is 5. The monoisotopic (exact) mass is 349 g/mol. The molecule has 0 aliphatic heterocycles. The fourth-order valence-electron chi connectivity index (χ4n) is 2.30. The summed E-state index contributed by atoms with van der Waals surface area (Å²) >= 11 is 0. The van der Waals surface area contributed by atoms with Gasteiger partial charge in [0.05, 0.1) is 0 Å². The number of hydrogen-bond acceptors (Lipinski definition) is 7. The van der Waals surface area contributed by atoms with E-state index in [2.05, 4.69) is 31.1 Å². The fourth-order valence-corrected chi connectivity index (χ4v) is 2.30. The van der Waals surface area contributed by atoms with Crippen molar-refractivity contribution in [3.8, 4) is 0 Å². The number of nitrogens with zero attached hydrogens (tertiary/aromatic N) is 3. The Morgan fingerprint density at radius 3 is 2.54 bits per heavy atom. The molecule has 0 aliphatic carbocycles. The largest absolute Gasteiger partial charge is 0.393 e. The molecule has 0 saturated heterocycles. The number of amides is 1. The van der Waals surface area contributed by atoms with Gasteiger partial charge in [-0.1, -0.05) is 12.1 Å². The minimum atomic E-state index is -0.325. The topological polar surface area (TPSA) is 118 Å². The highest BCUT2D eigenvalue weighted by atomic mass is 16.2. The lowest BCUT2D eigenvalue weighted by Crippen LogP contribution is -2.30. The molecule has 2 aromatic heterocycles. The quantitative estimate of drug-likeness (QED) is 0.523. The van der Waals surface area contributed by atoms with E-state index < -0.39 is 0 Å². The lowest BCUT2D eigenvalue weighted by molar-refractivity contribution is 0.0962. The van der Waals surface area contributed by atoms with Crippen LogP contribution in [-0.2, 0) is 0 Å². The van der Waals surface area contributed by atoms with Crippen molar-refractivity contribution in [1.29, 1.82) is 0 Å². The summed E-state index contributed by atoms with van der Waals surface area (Å²) in [6, 6.07) is 9.14. The molecule has 2 heterocycles. The predicted octanol–water partition coefficient (Wildman–Crippen LogP) is 2.57. The van der Waals surface area contributed by atoms with Gasteiger partial charge in [-0.05, 0) is 43.2 Å². The Morgan fingerprint density at radius 1 is 1.04 bits per heavy atom. The average molecular weight is 349 g/mol. The Balaban J connectivity index is 1.75. The van der Waals surface area contributed by atoms with Crippen molar-refractivity contribution in [2.24, 2.45) is 0 Å². The number of carbonyl (C=O) groups is 1. The standard InChI is InChI=1S/C18H19N7O/c1-11-4-3-5-14(12(11)2)23-16-15(19)17(22-10-21-16)24-25-18(26)13-6-8-20-9-7-13/h3-10H,19H2,1-2H3,(H,25,26)(H2,21,22,23,24). The smallest absolute Gasteiger partial charge is 0.269 e. The third-order valence-corrected chi connectivity index (χ3v) is 3.98. The number of pyridine rings is 1. The number of nitrogens with one attached hydrogen (secondary N) is 3. The molecule has 0 spiro atoms. The maximum absolute atomic E-state index is 12.1. The van der Waals surface area contributed by atoms with Crippen molar-refractivity contribution in [3.05, 3.63) is 65.7 Å². The minimum absolute atomic E-state index is 0.295. The van der Waals surface area contributed by atoms with Crippen molar-refractivity contribution in [2.75, 3.05) is 16.5 Å². The number of anilines is 4. The van der Waals surface area contributed by atoms with Crippen LogP contribution in [-0.4, -0.2) is 20.9 Å². The molecule has 1 aromatic carbocycles. The summed E-state index contributed by atoms with van der Waals surface area (Å²) in [5, 5.41) is 3.20. The van der Waals surface area contributed by atoms with Crippen molar-refractivity contribution in [2.45, 2.75) is 13.8 Å². The van der Waals surface area contributed by atoms with Crippen LogP contribution in [0.1, 0.15) is 21.5 Å². The second-order valence-electron chi connectivity index (χ2n) is 5.67. The van der Waals surface area contributed by atoms with Gasteiger partial charge in [0.15, 0.2) is 11.6 Å². The maximum Gasteiger partial charge on any atom is 0.269 e. The molecule has 0 fully saturated rings. The van der Waals surface area contributed by atoms with Gasteiger partial charge in [0, 0.05) is 23.6 Å². The minimum Gasteiger partial charge on any atom is -0.393 e. The molecule has 0 unspecified atom stereocenters. The lowest BCUT2D eigenvalue weighted by atomic mass is 10.1. The first kappa shape index (κ1) is 17.2. The Morgan fingerprint density at radius 2 is 1.77 bits per heavy atom. The van der Waals surface area contributed by atoms with Crippen LogP contribution in [0, 0.1) is 13.8 Å². The van der Waals surface area contributed by atoms with Gasteiger partial charge >= 0.3 is 0 Å². The molecule has 0 radical (unpaired) electrons. The van der Waals surface area contributed by atoms with E-state index in [4.69, 9.17) is 5.73 Å². The Labute approximate surface area is 150 Å². The number of aryl methyl sites for hydroxylation is 1. The third kappa shape index (κ3) is 3.69. The molecular formula is C18H19N7O. The lowest BCUT2D eigenvalue weighted by Gasteiger charge is -2.15. The van der Waals surface area contributed by atoms with Gasteiger partial charge in [0.25, 0.3) is 5.91 Å². The van der Waals surface area contributed by atoms with Gasteiger partial charge in [-0.2, -0.15) is 0 Å². The van der Waals surface area contributed by atoms with Gasteiger partial charge in [-0.15, -0.1) is 0 Å². The van der Waals surface area contributed by atoms with E-state index >= 15 is 0 Å². The van der Waals surface area contributed by atoms with Crippen molar-refractivity contribution in [3.63, 3.8) is 0 Å². The zero-order valence-electron chi connectivity index (χ0n) is 14.4. The van der Waals surface area contributed by atoms with Gasteiger partial charge < -0.3 is 11.1 Å². The molecule has 26 heavy (non-hydrogen) atoms. The number of benzene rings is 1. The Bertz CT molecular complexity index is 928. The van der Waals surface area contributed by atoms with Crippen LogP contribution in [0.4, 0.5) is 23.0 Å². The molecule has 8 heteroatoms. The molecule has 3 rings (SSSR count). The van der Waals surface area contributed by atoms with E-state index in [1.807, 2.05) is 32.0 Å². The van der Waals surface area contributed by atoms with Crippen LogP contribution in [0.25, 0.3) is 0 Å². The van der Waals surface area contributed by atoms with Crippen LogP contribution in [0.3, 0.4) is 0 Å². The maximum atomic E-state index is 12.1. The molecule has 132 valence electrons. The number of carbonyl (C=O) groups excluding carboxylic acids is 1. The molecule has 0 bridgehead atoms. The summed E-state index contributed by atoms with van der Waals surface area (Å²) in [5.41, 5.74) is 15.3. The molecule has 3 aromatic rings. The average Bonchev–Trinajstić information content (AvgIpc) is 2.66. The van der Waals surface area contributed by atoms with Crippen LogP contribution in [0.2, 0.25) is 0 Å². The molecule has 1 amide bonds. The van der Waals surface area contributed by atoms with Gasteiger partial charge in [0.2, 0.25) is 0 Å². The van der Waals surface area contributed by atoms with Crippen LogP contribution in [0.5, 0.6) is 0 Å². The summed E-state index contributed by atoms with van der Waals surface area (Å²) in [7, 11) is 0. The Hall–Kier alpha value is -3.68. The summed E-state index contributed by atoms with van der Waals surface area (Å²) < 4.78 is 0. The molecule has 0 atom stereocenters. The SMILES string of the molecule is Cc1cccc(Nc2ncnc(NNC(=O)c3ccncc3)c2N)c1C. The summed E-state index contributed by atoms with van der Waals surface area (Å²) in [6.45, 7) is 4.05. The second kappa shape index (κ2) is 7.47. The second-order valence-corrected chi connectivity index (χ2v) is 5.67. The zero-order valence-corrected chi connectivity index (χ0v) is 14.4. The normalized spacial score (nSPS) is 10.2. The first-order valence-corrected chi connectivity index (χ1v) is 7.96. The highest BCUT2D eigenvalue weighted by Crippen LogP contribution is 2.27. The molecule has 0 saturated carbocycles. The zero-order chi connectivity index (χ0) is 18.5. The first-order valence-electron chi connectivity index (χ1n) is 7.96. The van der Waals surface area contributed by atoms with E-state index in [0.29, 0.717) is 22.9 Å². The van der Waals surface area contributed by atoms with E-state index in [1.54, 1.807) is 24.5 Å². The highest BCUT2D eigenvalue weighted by Gasteiger charge is 2.11. The summed E-state index contributed by atoms with van der Waals surface area (Å²) in [5.74, 6) is 0.430. The number of nitrogens with two attached hydrogens (primary N) is 1. The Kier molecular flexibility index (Phi) is 4.93. The van der Waals surface area contributed by atoms with Crippen LogP contribution >= 0.6 is 0 Å². The van der Waals surface area contributed by atoms with E-state index in [0.717, 1.165) is 16.8 Å². The summed E-state index contributed by atoms with van der Waals surface area (Å²) in [6.07, 6.45) is 4.45. The van der Waals surface area contributed by atoms with Gasteiger partial charge in [-0.25, -0.2) is 9.97 Å². The molecule has 5 N–H and O–H groups in total.